The third kappa shape index (κ3) is 2.30. The van der Waals surface area contributed by atoms with Crippen molar-refractivity contribution in [3.05, 3.63) is 35.4 Å². The van der Waals surface area contributed by atoms with E-state index in [9.17, 15) is 0 Å². The molecule has 1 saturated carbocycles. The van der Waals surface area contributed by atoms with Crippen molar-refractivity contribution in [2.24, 2.45) is 0 Å². The van der Waals surface area contributed by atoms with Gasteiger partial charge in [0.2, 0.25) is 5.89 Å². The van der Waals surface area contributed by atoms with Crippen molar-refractivity contribution in [2.75, 3.05) is 6.54 Å². The molecular formula is C14H17N3O2. The van der Waals surface area contributed by atoms with Gasteiger partial charge in [0.05, 0.1) is 12.8 Å². The summed E-state index contributed by atoms with van der Waals surface area (Å²) >= 11 is 0. The fourth-order valence-electron chi connectivity index (χ4n) is 2.68. The van der Waals surface area contributed by atoms with Crippen LogP contribution < -0.4 is 0 Å². The number of fused-ring (bicyclic) bond motifs is 1. The molecule has 0 saturated heterocycles. The Morgan fingerprint density at radius 3 is 3.21 bits per heavy atom. The highest BCUT2D eigenvalue weighted by Gasteiger charge is 2.29. The van der Waals surface area contributed by atoms with Gasteiger partial charge in [-0.3, -0.25) is 4.90 Å². The third-order valence-corrected chi connectivity index (χ3v) is 3.89. The average molecular weight is 259 g/mol. The zero-order valence-corrected chi connectivity index (χ0v) is 10.8. The minimum atomic E-state index is 0.558. The van der Waals surface area contributed by atoms with Gasteiger partial charge < -0.3 is 8.94 Å². The number of hydrogen-bond acceptors (Lipinski definition) is 5. The van der Waals surface area contributed by atoms with Crippen LogP contribution in [0, 0.1) is 0 Å². The molecule has 2 aromatic rings. The quantitative estimate of drug-likeness (QED) is 0.847. The van der Waals surface area contributed by atoms with Crippen LogP contribution in [0.3, 0.4) is 0 Å². The largest absolute Gasteiger partial charge is 0.469 e. The molecule has 0 N–H and O–H groups in total. The van der Waals surface area contributed by atoms with E-state index in [0.717, 1.165) is 50.0 Å². The molecule has 0 atom stereocenters. The smallest absolute Gasteiger partial charge is 0.240 e. The highest BCUT2D eigenvalue weighted by molar-refractivity contribution is 5.18. The SMILES string of the molecule is c1cc2c(o1)CCCN(Cc1nc(C3CC3)no1)C2. The number of furan rings is 1. The van der Waals surface area contributed by atoms with Gasteiger partial charge in [-0.2, -0.15) is 4.98 Å². The predicted octanol–water partition coefficient (Wildman–Crippen LogP) is 2.49. The van der Waals surface area contributed by atoms with Crippen molar-refractivity contribution >= 4 is 0 Å². The highest BCUT2D eigenvalue weighted by atomic mass is 16.5. The molecule has 5 nitrogen and oxygen atoms in total. The first-order chi connectivity index (χ1) is 9.38. The van der Waals surface area contributed by atoms with Crippen molar-refractivity contribution < 1.29 is 8.94 Å². The van der Waals surface area contributed by atoms with Crippen LogP contribution in [0.25, 0.3) is 0 Å². The summed E-state index contributed by atoms with van der Waals surface area (Å²) in [6, 6.07) is 2.07. The fraction of sp³-hybridized carbons (Fsp3) is 0.571. The molecule has 19 heavy (non-hydrogen) atoms. The van der Waals surface area contributed by atoms with Gasteiger partial charge in [-0.05, 0) is 31.9 Å². The molecule has 4 rings (SSSR count). The Morgan fingerprint density at radius 1 is 1.37 bits per heavy atom. The summed E-state index contributed by atoms with van der Waals surface area (Å²) < 4.78 is 10.9. The molecule has 3 heterocycles. The van der Waals surface area contributed by atoms with Crippen molar-refractivity contribution in [1.82, 2.24) is 15.0 Å². The lowest BCUT2D eigenvalue weighted by Crippen LogP contribution is -2.22. The van der Waals surface area contributed by atoms with Crippen molar-refractivity contribution in [3.8, 4) is 0 Å². The summed E-state index contributed by atoms with van der Waals surface area (Å²) in [6.07, 6.45) is 6.34. The zero-order chi connectivity index (χ0) is 12.7. The molecule has 0 radical (unpaired) electrons. The fourth-order valence-corrected chi connectivity index (χ4v) is 2.68. The van der Waals surface area contributed by atoms with Gasteiger partial charge in [-0.25, -0.2) is 0 Å². The minimum Gasteiger partial charge on any atom is -0.469 e. The molecule has 1 fully saturated rings. The van der Waals surface area contributed by atoms with Gasteiger partial charge in [-0.15, -0.1) is 0 Å². The molecule has 1 aliphatic heterocycles. The van der Waals surface area contributed by atoms with Gasteiger partial charge in [0.15, 0.2) is 5.82 Å². The van der Waals surface area contributed by atoms with E-state index >= 15 is 0 Å². The van der Waals surface area contributed by atoms with Gasteiger partial charge in [0.1, 0.15) is 5.76 Å². The Labute approximate surface area is 111 Å². The lowest BCUT2D eigenvalue weighted by Gasteiger charge is -2.16. The molecule has 0 bridgehead atoms. The van der Waals surface area contributed by atoms with Gasteiger partial charge in [0.25, 0.3) is 0 Å². The Balaban J connectivity index is 1.46. The summed E-state index contributed by atoms with van der Waals surface area (Å²) in [6.45, 7) is 2.70. The maximum Gasteiger partial charge on any atom is 0.240 e. The van der Waals surface area contributed by atoms with E-state index in [0.29, 0.717) is 5.92 Å². The molecule has 1 aliphatic carbocycles. The van der Waals surface area contributed by atoms with E-state index in [1.807, 2.05) is 0 Å². The summed E-state index contributed by atoms with van der Waals surface area (Å²) in [5, 5.41) is 4.07. The lowest BCUT2D eigenvalue weighted by molar-refractivity contribution is 0.221. The Bertz CT molecular complexity index is 571. The van der Waals surface area contributed by atoms with Gasteiger partial charge >= 0.3 is 0 Å². The summed E-state index contributed by atoms with van der Waals surface area (Å²) in [4.78, 5) is 6.85. The molecule has 2 aromatic heterocycles. The van der Waals surface area contributed by atoms with Crippen LogP contribution in [0.1, 0.15) is 48.2 Å². The molecular weight excluding hydrogens is 242 g/mol. The van der Waals surface area contributed by atoms with Crippen LogP contribution in [0.5, 0.6) is 0 Å². The monoisotopic (exact) mass is 259 g/mol. The first-order valence-electron chi connectivity index (χ1n) is 6.98. The molecule has 100 valence electrons. The van der Waals surface area contributed by atoms with E-state index < -0.39 is 0 Å². The van der Waals surface area contributed by atoms with Crippen molar-refractivity contribution in [3.63, 3.8) is 0 Å². The highest BCUT2D eigenvalue weighted by Crippen LogP contribution is 2.38. The zero-order valence-electron chi connectivity index (χ0n) is 10.8. The van der Waals surface area contributed by atoms with Crippen LogP contribution >= 0.6 is 0 Å². The summed E-state index contributed by atoms with van der Waals surface area (Å²) in [5.74, 6) is 3.33. The molecule has 0 amide bonds. The van der Waals surface area contributed by atoms with Crippen molar-refractivity contribution in [2.45, 2.75) is 44.7 Å². The maximum atomic E-state index is 5.50. The van der Waals surface area contributed by atoms with E-state index in [4.69, 9.17) is 8.94 Å². The van der Waals surface area contributed by atoms with E-state index in [2.05, 4.69) is 21.1 Å². The topological polar surface area (TPSA) is 55.3 Å². The molecule has 0 spiro atoms. The molecule has 2 aliphatic rings. The minimum absolute atomic E-state index is 0.558. The lowest BCUT2D eigenvalue weighted by atomic mass is 10.2. The Hall–Kier alpha value is -1.62. The summed E-state index contributed by atoms with van der Waals surface area (Å²) in [5.41, 5.74) is 1.29. The number of rotatable bonds is 3. The summed E-state index contributed by atoms with van der Waals surface area (Å²) in [7, 11) is 0. The first kappa shape index (κ1) is 11.2. The Kier molecular flexibility index (Phi) is 2.65. The predicted molar refractivity (Wildman–Crippen MR) is 67.4 cm³/mol. The second-order valence-corrected chi connectivity index (χ2v) is 5.50. The molecule has 5 heteroatoms. The van der Waals surface area contributed by atoms with Crippen molar-refractivity contribution in [1.29, 1.82) is 0 Å². The second kappa shape index (κ2) is 4.49. The van der Waals surface area contributed by atoms with E-state index in [-0.39, 0.29) is 0 Å². The number of aromatic nitrogens is 2. The van der Waals surface area contributed by atoms with E-state index in [1.54, 1.807) is 6.26 Å². The standard InChI is InChI=1S/C14H17N3O2/c1-2-12-11(5-7-18-12)8-17(6-1)9-13-15-14(16-19-13)10-3-4-10/h5,7,10H,1-4,6,8-9H2. The average Bonchev–Trinajstić information content (AvgIpc) is 3.07. The van der Waals surface area contributed by atoms with Crippen LogP contribution in [0.2, 0.25) is 0 Å². The van der Waals surface area contributed by atoms with Gasteiger partial charge in [0, 0.05) is 24.4 Å². The second-order valence-electron chi connectivity index (χ2n) is 5.50. The van der Waals surface area contributed by atoms with Gasteiger partial charge in [-0.1, -0.05) is 5.16 Å². The van der Waals surface area contributed by atoms with Crippen LogP contribution in [-0.2, 0) is 19.5 Å². The normalized spacial score (nSPS) is 20.2. The number of hydrogen-bond donors (Lipinski definition) is 0. The maximum absolute atomic E-state index is 5.50. The Morgan fingerprint density at radius 2 is 2.32 bits per heavy atom. The van der Waals surface area contributed by atoms with Crippen LogP contribution in [-0.4, -0.2) is 21.6 Å². The number of nitrogens with zero attached hydrogens (tertiary/aromatic N) is 3. The van der Waals surface area contributed by atoms with Crippen LogP contribution in [0.15, 0.2) is 21.3 Å². The number of aryl methyl sites for hydroxylation is 1. The van der Waals surface area contributed by atoms with Crippen LogP contribution in [0.4, 0.5) is 0 Å². The molecule has 0 aromatic carbocycles. The third-order valence-electron chi connectivity index (χ3n) is 3.89. The van der Waals surface area contributed by atoms with E-state index in [1.165, 1.54) is 18.4 Å². The first-order valence-corrected chi connectivity index (χ1v) is 6.98. The molecule has 0 unspecified atom stereocenters.